The monoisotopic (exact) mass is 228 g/mol. The lowest BCUT2D eigenvalue weighted by Gasteiger charge is -2.05. The second-order valence-corrected chi connectivity index (χ2v) is 3.36. The summed E-state index contributed by atoms with van der Waals surface area (Å²) in [6, 6.07) is 3.25. The lowest BCUT2D eigenvalue weighted by atomic mass is 10.4. The number of hydrogen-bond donors (Lipinski definition) is 1. The van der Waals surface area contributed by atoms with Crippen molar-refractivity contribution in [3.8, 4) is 0 Å². The molecule has 1 rings (SSSR count). The first-order valence-electron chi connectivity index (χ1n) is 4.71. The lowest BCUT2D eigenvalue weighted by molar-refractivity contribution is -0.120. The van der Waals surface area contributed by atoms with E-state index in [0.29, 0.717) is 17.4 Å². The number of hydrogen-bond acceptors (Lipinski definition) is 3. The summed E-state index contributed by atoms with van der Waals surface area (Å²) >= 11 is 5.66. The van der Waals surface area contributed by atoms with Gasteiger partial charge in [0.15, 0.2) is 0 Å². The summed E-state index contributed by atoms with van der Waals surface area (Å²) in [7, 11) is 0. The summed E-state index contributed by atoms with van der Waals surface area (Å²) in [6.07, 6.45) is 2.43. The maximum absolute atomic E-state index is 11.3. The van der Waals surface area contributed by atoms with E-state index in [1.54, 1.807) is 12.1 Å². The van der Waals surface area contributed by atoms with Crippen LogP contribution in [0.5, 0.6) is 0 Å². The Morgan fingerprint density at radius 2 is 2.47 bits per heavy atom. The highest BCUT2D eigenvalue weighted by atomic mass is 35.5. The molecule has 0 bridgehead atoms. The molecular formula is C10H13ClN2O2. The number of carbonyl (C=O) groups excluding carboxylic acids is 1. The molecule has 1 aromatic rings. The number of rotatable bonds is 5. The molecule has 0 saturated heterocycles. The summed E-state index contributed by atoms with van der Waals surface area (Å²) in [6.45, 7) is 2.64. The van der Waals surface area contributed by atoms with Crippen LogP contribution in [-0.4, -0.2) is 24.1 Å². The van der Waals surface area contributed by atoms with Crippen LogP contribution < -0.4 is 5.32 Å². The fourth-order valence-electron chi connectivity index (χ4n) is 0.986. The number of ether oxygens (including phenoxy) is 1. The van der Waals surface area contributed by atoms with Crippen molar-refractivity contribution in [3.63, 3.8) is 0 Å². The van der Waals surface area contributed by atoms with Gasteiger partial charge in [-0.05, 0) is 18.6 Å². The Morgan fingerprint density at radius 3 is 3.13 bits per heavy atom. The molecule has 0 radical (unpaired) electrons. The highest BCUT2D eigenvalue weighted by Gasteiger charge is 2.02. The molecule has 0 spiro atoms. The Balaban J connectivity index is 2.37. The minimum absolute atomic E-state index is 0.0633. The molecule has 1 N–H and O–H groups in total. The standard InChI is InChI=1S/C10H13ClN2O2/c1-2-5-15-7-10(14)13-8-3-4-12-9(11)6-8/h3-4,6H,2,5,7H2,1H3,(H,12,13,14). The van der Waals surface area contributed by atoms with E-state index < -0.39 is 0 Å². The van der Waals surface area contributed by atoms with Crippen LogP contribution in [0.2, 0.25) is 5.15 Å². The average molecular weight is 229 g/mol. The van der Waals surface area contributed by atoms with E-state index in [2.05, 4.69) is 10.3 Å². The molecule has 0 fully saturated rings. The van der Waals surface area contributed by atoms with E-state index in [4.69, 9.17) is 16.3 Å². The van der Waals surface area contributed by atoms with E-state index in [1.807, 2.05) is 6.92 Å². The Labute approximate surface area is 93.6 Å². The molecular weight excluding hydrogens is 216 g/mol. The number of nitrogens with zero attached hydrogens (tertiary/aromatic N) is 1. The Bertz CT molecular complexity index is 331. The normalized spacial score (nSPS) is 10.0. The first-order valence-corrected chi connectivity index (χ1v) is 5.09. The smallest absolute Gasteiger partial charge is 0.250 e. The zero-order valence-electron chi connectivity index (χ0n) is 8.50. The maximum atomic E-state index is 11.3. The Kier molecular flexibility index (Phi) is 5.07. The largest absolute Gasteiger partial charge is 0.372 e. The molecule has 0 aliphatic heterocycles. The van der Waals surface area contributed by atoms with Crippen molar-refractivity contribution in [1.82, 2.24) is 4.98 Å². The number of pyridine rings is 1. The van der Waals surface area contributed by atoms with E-state index in [9.17, 15) is 4.79 Å². The molecule has 15 heavy (non-hydrogen) atoms. The predicted molar refractivity (Wildman–Crippen MR) is 59.0 cm³/mol. The summed E-state index contributed by atoms with van der Waals surface area (Å²) in [5, 5.41) is 3.00. The fourth-order valence-corrected chi connectivity index (χ4v) is 1.16. The minimum Gasteiger partial charge on any atom is -0.372 e. The van der Waals surface area contributed by atoms with Crippen LogP contribution in [-0.2, 0) is 9.53 Å². The molecule has 82 valence electrons. The molecule has 0 atom stereocenters. The predicted octanol–water partition coefficient (Wildman–Crippen LogP) is 2.10. The van der Waals surface area contributed by atoms with Crippen LogP contribution in [0.1, 0.15) is 13.3 Å². The number of amides is 1. The molecule has 0 unspecified atom stereocenters. The molecule has 5 heteroatoms. The van der Waals surface area contributed by atoms with Gasteiger partial charge in [0.2, 0.25) is 5.91 Å². The summed E-state index contributed by atoms with van der Waals surface area (Å²) in [4.78, 5) is 15.1. The summed E-state index contributed by atoms with van der Waals surface area (Å²) < 4.78 is 5.09. The van der Waals surface area contributed by atoms with Gasteiger partial charge in [-0.1, -0.05) is 18.5 Å². The van der Waals surface area contributed by atoms with Crippen LogP contribution in [0.4, 0.5) is 5.69 Å². The summed E-state index contributed by atoms with van der Waals surface area (Å²) in [5.74, 6) is -0.189. The van der Waals surface area contributed by atoms with Gasteiger partial charge < -0.3 is 10.1 Å². The van der Waals surface area contributed by atoms with Gasteiger partial charge in [-0.15, -0.1) is 0 Å². The number of aromatic nitrogens is 1. The molecule has 1 heterocycles. The van der Waals surface area contributed by atoms with Gasteiger partial charge in [0.1, 0.15) is 11.8 Å². The molecule has 1 amide bonds. The minimum atomic E-state index is -0.189. The van der Waals surface area contributed by atoms with Gasteiger partial charge in [0.25, 0.3) is 0 Å². The van der Waals surface area contributed by atoms with Gasteiger partial charge in [0.05, 0.1) is 0 Å². The highest BCUT2D eigenvalue weighted by Crippen LogP contribution is 2.11. The number of nitrogens with one attached hydrogen (secondary N) is 1. The zero-order valence-corrected chi connectivity index (χ0v) is 9.25. The van der Waals surface area contributed by atoms with Gasteiger partial charge >= 0.3 is 0 Å². The van der Waals surface area contributed by atoms with Gasteiger partial charge in [-0.2, -0.15) is 0 Å². The first-order chi connectivity index (χ1) is 7.22. The fraction of sp³-hybridized carbons (Fsp3) is 0.400. The first kappa shape index (κ1) is 11.9. The van der Waals surface area contributed by atoms with Crippen molar-refractivity contribution in [1.29, 1.82) is 0 Å². The third-order valence-electron chi connectivity index (χ3n) is 1.59. The Morgan fingerprint density at radius 1 is 1.67 bits per heavy atom. The van der Waals surface area contributed by atoms with Crippen molar-refractivity contribution in [3.05, 3.63) is 23.5 Å². The quantitative estimate of drug-likeness (QED) is 0.620. The van der Waals surface area contributed by atoms with Crippen LogP contribution in [0.3, 0.4) is 0 Å². The van der Waals surface area contributed by atoms with E-state index in [0.717, 1.165) is 6.42 Å². The van der Waals surface area contributed by atoms with Crippen LogP contribution in [0.25, 0.3) is 0 Å². The van der Waals surface area contributed by atoms with E-state index in [1.165, 1.54) is 6.20 Å². The molecule has 0 aliphatic carbocycles. The second-order valence-electron chi connectivity index (χ2n) is 2.97. The SMILES string of the molecule is CCCOCC(=O)Nc1ccnc(Cl)c1. The maximum Gasteiger partial charge on any atom is 0.250 e. The van der Waals surface area contributed by atoms with E-state index in [-0.39, 0.29) is 12.5 Å². The third kappa shape index (κ3) is 4.76. The average Bonchev–Trinajstić information content (AvgIpc) is 2.18. The van der Waals surface area contributed by atoms with Crippen molar-refractivity contribution in [2.24, 2.45) is 0 Å². The van der Waals surface area contributed by atoms with Crippen LogP contribution in [0, 0.1) is 0 Å². The topological polar surface area (TPSA) is 51.2 Å². The van der Waals surface area contributed by atoms with Gasteiger partial charge in [0, 0.05) is 18.5 Å². The number of halogens is 1. The highest BCUT2D eigenvalue weighted by molar-refractivity contribution is 6.29. The van der Waals surface area contributed by atoms with Crippen molar-refractivity contribution < 1.29 is 9.53 Å². The van der Waals surface area contributed by atoms with Gasteiger partial charge in [-0.3, -0.25) is 4.79 Å². The molecule has 4 nitrogen and oxygen atoms in total. The second kappa shape index (κ2) is 6.37. The van der Waals surface area contributed by atoms with Crippen LogP contribution in [0.15, 0.2) is 18.3 Å². The molecule has 1 aromatic heterocycles. The van der Waals surface area contributed by atoms with Gasteiger partial charge in [-0.25, -0.2) is 4.98 Å². The number of carbonyl (C=O) groups is 1. The third-order valence-corrected chi connectivity index (χ3v) is 1.80. The Hall–Kier alpha value is -1.13. The van der Waals surface area contributed by atoms with Crippen molar-refractivity contribution in [2.75, 3.05) is 18.5 Å². The van der Waals surface area contributed by atoms with Crippen molar-refractivity contribution >= 4 is 23.2 Å². The molecule has 0 aliphatic rings. The lowest BCUT2D eigenvalue weighted by Crippen LogP contribution is -2.18. The zero-order chi connectivity index (χ0) is 11.1. The summed E-state index contributed by atoms with van der Waals surface area (Å²) in [5.41, 5.74) is 0.625. The van der Waals surface area contributed by atoms with Crippen molar-refractivity contribution in [2.45, 2.75) is 13.3 Å². The van der Waals surface area contributed by atoms with Crippen LogP contribution >= 0.6 is 11.6 Å². The van der Waals surface area contributed by atoms with E-state index >= 15 is 0 Å². The molecule has 0 saturated carbocycles. The molecule has 0 aromatic carbocycles. The number of anilines is 1.